The average Bonchev–Trinajstić information content (AvgIpc) is 2.50. The van der Waals surface area contributed by atoms with Gasteiger partial charge in [0.1, 0.15) is 11.5 Å². The molecule has 0 bridgehead atoms. The molecular formula is C17H19NO3. The summed E-state index contributed by atoms with van der Waals surface area (Å²) in [5, 5.41) is 12.3. The summed E-state index contributed by atoms with van der Waals surface area (Å²) in [6.45, 7) is 2.29. The molecule has 0 saturated carbocycles. The molecule has 0 atom stereocenters. The van der Waals surface area contributed by atoms with Gasteiger partial charge in [-0.05, 0) is 48.7 Å². The van der Waals surface area contributed by atoms with E-state index in [9.17, 15) is 9.90 Å². The van der Waals surface area contributed by atoms with E-state index in [1.165, 1.54) is 6.07 Å². The molecule has 0 spiro atoms. The number of benzene rings is 2. The van der Waals surface area contributed by atoms with E-state index in [2.05, 4.69) is 5.32 Å². The Bertz CT molecular complexity index is 638. The van der Waals surface area contributed by atoms with Gasteiger partial charge in [0, 0.05) is 12.1 Å². The minimum atomic E-state index is -0.145. The largest absolute Gasteiger partial charge is 0.508 e. The van der Waals surface area contributed by atoms with Crippen LogP contribution in [0, 0.1) is 6.92 Å². The van der Waals surface area contributed by atoms with Crippen molar-refractivity contribution in [3.05, 3.63) is 59.2 Å². The van der Waals surface area contributed by atoms with Gasteiger partial charge in [0.2, 0.25) is 0 Å². The van der Waals surface area contributed by atoms with E-state index >= 15 is 0 Å². The van der Waals surface area contributed by atoms with Crippen LogP contribution >= 0.6 is 0 Å². The molecule has 0 aliphatic carbocycles. The summed E-state index contributed by atoms with van der Waals surface area (Å²) in [6, 6.07) is 12.6. The van der Waals surface area contributed by atoms with Crippen LogP contribution in [0.4, 0.5) is 0 Å². The number of hydrogen-bond donors (Lipinski definition) is 2. The Labute approximate surface area is 124 Å². The summed E-state index contributed by atoms with van der Waals surface area (Å²) in [5.74, 6) is 0.876. The lowest BCUT2D eigenvalue weighted by atomic mass is 10.1. The topological polar surface area (TPSA) is 58.6 Å². The van der Waals surface area contributed by atoms with E-state index in [1.54, 1.807) is 26.2 Å². The first-order valence-electron chi connectivity index (χ1n) is 6.81. The van der Waals surface area contributed by atoms with Gasteiger partial charge in [-0.2, -0.15) is 0 Å². The number of hydrogen-bond acceptors (Lipinski definition) is 3. The summed E-state index contributed by atoms with van der Waals surface area (Å²) < 4.78 is 5.28. The van der Waals surface area contributed by atoms with Gasteiger partial charge in [0.15, 0.2) is 0 Å². The third-order valence-corrected chi connectivity index (χ3v) is 3.33. The molecule has 2 rings (SSSR count). The molecule has 2 aromatic carbocycles. The highest BCUT2D eigenvalue weighted by atomic mass is 16.5. The quantitative estimate of drug-likeness (QED) is 0.888. The number of methoxy groups -OCH3 is 1. The van der Waals surface area contributed by atoms with Crippen molar-refractivity contribution in [3.63, 3.8) is 0 Å². The molecule has 110 valence electrons. The Morgan fingerprint density at radius 2 is 2.00 bits per heavy atom. The second kappa shape index (κ2) is 6.79. The first-order chi connectivity index (χ1) is 10.1. The number of phenolic OH excluding ortho intramolecular Hbond substituents is 1. The lowest BCUT2D eigenvalue weighted by molar-refractivity contribution is 0.0954. The van der Waals surface area contributed by atoms with Crippen molar-refractivity contribution in [3.8, 4) is 11.5 Å². The Kier molecular flexibility index (Phi) is 4.82. The Balaban J connectivity index is 1.93. The van der Waals surface area contributed by atoms with E-state index in [-0.39, 0.29) is 11.7 Å². The van der Waals surface area contributed by atoms with Gasteiger partial charge >= 0.3 is 0 Å². The average molecular weight is 285 g/mol. The number of phenols is 1. The highest BCUT2D eigenvalue weighted by molar-refractivity contribution is 5.94. The van der Waals surface area contributed by atoms with Crippen LogP contribution < -0.4 is 10.1 Å². The lowest BCUT2D eigenvalue weighted by Crippen LogP contribution is -2.25. The standard InChI is InChI=1S/C17H19NO3/c1-12-11-14(7-8-15(12)19)17(20)18-10-9-13-5-3-4-6-16(13)21-2/h3-8,11,19H,9-10H2,1-2H3,(H,18,20). The maximum atomic E-state index is 12.0. The fourth-order valence-corrected chi connectivity index (χ4v) is 2.12. The number of aryl methyl sites for hydroxylation is 1. The van der Waals surface area contributed by atoms with Gasteiger partial charge in [-0.15, -0.1) is 0 Å². The van der Waals surface area contributed by atoms with Gasteiger partial charge in [0.25, 0.3) is 5.91 Å². The van der Waals surface area contributed by atoms with E-state index in [0.717, 1.165) is 11.3 Å². The van der Waals surface area contributed by atoms with Crippen molar-refractivity contribution in [1.29, 1.82) is 0 Å². The predicted octanol–water partition coefficient (Wildman–Crippen LogP) is 2.68. The second-order valence-corrected chi connectivity index (χ2v) is 4.82. The fourth-order valence-electron chi connectivity index (χ4n) is 2.12. The van der Waals surface area contributed by atoms with Gasteiger partial charge in [-0.25, -0.2) is 0 Å². The molecule has 0 aliphatic heterocycles. The van der Waals surface area contributed by atoms with Gasteiger partial charge in [0.05, 0.1) is 7.11 Å². The van der Waals surface area contributed by atoms with Crippen LogP contribution in [0.3, 0.4) is 0 Å². The van der Waals surface area contributed by atoms with E-state index < -0.39 is 0 Å². The summed E-state index contributed by atoms with van der Waals surface area (Å²) in [4.78, 5) is 12.0. The van der Waals surface area contributed by atoms with Crippen LogP contribution in [0.5, 0.6) is 11.5 Å². The maximum Gasteiger partial charge on any atom is 0.251 e. The molecule has 0 radical (unpaired) electrons. The van der Waals surface area contributed by atoms with Crippen molar-refractivity contribution in [2.75, 3.05) is 13.7 Å². The monoisotopic (exact) mass is 285 g/mol. The molecule has 0 heterocycles. The molecule has 0 unspecified atom stereocenters. The molecule has 2 N–H and O–H groups in total. The van der Waals surface area contributed by atoms with Crippen molar-refractivity contribution in [1.82, 2.24) is 5.32 Å². The first-order valence-corrected chi connectivity index (χ1v) is 6.81. The van der Waals surface area contributed by atoms with Crippen molar-refractivity contribution in [2.45, 2.75) is 13.3 Å². The van der Waals surface area contributed by atoms with E-state index in [0.29, 0.717) is 24.1 Å². The number of aromatic hydroxyl groups is 1. The predicted molar refractivity (Wildman–Crippen MR) is 81.9 cm³/mol. The second-order valence-electron chi connectivity index (χ2n) is 4.82. The minimum absolute atomic E-state index is 0.145. The summed E-state index contributed by atoms with van der Waals surface area (Å²) in [5.41, 5.74) is 2.29. The first kappa shape index (κ1) is 14.9. The fraction of sp³-hybridized carbons (Fsp3) is 0.235. The molecule has 0 aliphatic rings. The molecular weight excluding hydrogens is 266 g/mol. The SMILES string of the molecule is COc1ccccc1CCNC(=O)c1ccc(O)c(C)c1. The summed E-state index contributed by atoms with van der Waals surface area (Å²) in [6.07, 6.45) is 0.701. The molecule has 0 fully saturated rings. The van der Waals surface area contributed by atoms with Crippen LogP contribution in [-0.2, 0) is 6.42 Å². The third kappa shape index (κ3) is 3.75. The van der Waals surface area contributed by atoms with Gasteiger partial charge in [-0.3, -0.25) is 4.79 Å². The van der Waals surface area contributed by atoms with Crippen molar-refractivity contribution >= 4 is 5.91 Å². The van der Waals surface area contributed by atoms with Crippen LogP contribution in [0.1, 0.15) is 21.5 Å². The smallest absolute Gasteiger partial charge is 0.251 e. The maximum absolute atomic E-state index is 12.0. The number of amides is 1. The van der Waals surface area contributed by atoms with Crippen molar-refractivity contribution < 1.29 is 14.6 Å². The molecule has 4 nitrogen and oxygen atoms in total. The Morgan fingerprint density at radius 3 is 2.71 bits per heavy atom. The Morgan fingerprint density at radius 1 is 1.24 bits per heavy atom. The third-order valence-electron chi connectivity index (χ3n) is 3.33. The zero-order valence-electron chi connectivity index (χ0n) is 12.2. The Hall–Kier alpha value is -2.49. The van der Waals surface area contributed by atoms with Crippen molar-refractivity contribution in [2.24, 2.45) is 0 Å². The minimum Gasteiger partial charge on any atom is -0.508 e. The van der Waals surface area contributed by atoms with E-state index in [1.807, 2.05) is 24.3 Å². The highest BCUT2D eigenvalue weighted by Gasteiger charge is 2.08. The number of ether oxygens (including phenoxy) is 1. The zero-order valence-corrected chi connectivity index (χ0v) is 12.2. The zero-order chi connectivity index (χ0) is 15.2. The molecule has 0 saturated heterocycles. The van der Waals surface area contributed by atoms with Crippen LogP contribution in [0.25, 0.3) is 0 Å². The highest BCUT2D eigenvalue weighted by Crippen LogP contribution is 2.18. The molecule has 2 aromatic rings. The van der Waals surface area contributed by atoms with Gasteiger partial charge < -0.3 is 15.2 Å². The summed E-state index contributed by atoms with van der Waals surface area (Å²) in [7, 11) is 1.64. The number of para-hydroxylation sites is 1. The molecule has 1 amide bonds. The number of rotatable bonds is 5. The van der Waals surface area contributed by atoms with Gasteiger partial charge in [-0.1, -0.05) is 18.2 Å². The van der Waals surface area contributed by atoms with Crippen LogP contribution in [0.2, 0.25) is 0 Å². The van der Waals surface area contributed by atoms with Crippen LogP contribution in [-0.4, -0.2) is 24.7 Å². The van der Waals surface area contributed by atoms with Crippen LogP contribution in [0.15, 0.2) is 42.5 Å². The van der Waals surface area contributed by atoms with E-state index in [4.69, 9.17) is 4.74 Å². The lowest BCUT2D eigenvalue weighted by Gasteiger charge is -2.09. The number of nitrogens with one attached hydrogen (secondary N) is 1. The normalized spacial score (nSPS) is 10.2. The number of carbonyl (C=O) groups is 1. The molecule has 21 heavy (non-hydrogen) atoms. The number of carbonyl (C=O) groups excluding carboxylic acids is 1. The molecule has 4 heteroatoms. The molecule has 0 aromatic heterocycles. The summed E-state index contributed by atoms with van der Waals surface area (Å²) >= 11 is 0.